The average Bonchev–Trinajstić information content (AvgIpc) is 3.03. The van der Waals surface area contributed by atoms with E-state index >= 15 is 0 Å². The van der Waals surface area contributed by atoms with Gasteiger partial charge in [0.15, 0.2) is 0 Å². The van der Waals surface area contributed by atoms with Gasteiger partial charge in [0.25, 0.3) is 10.0 Å². The summed E-state index contributed by atoms with van der Waals surface area (Å²) in [5.74, 6) is -0.544. The van der Waals surface area contributed by atoms with E-state index in [4.69, 9.17) is 0 Å². The molecular weight excluding hydrogens is 582 g/mol. The Morgan fingerprint density at radius 1 is 0.756 bits per heavy atom. The molecule has 1 atom stereocenters. The lowest BCUT2D eigenvalue weighted by atomic mass is 10.0. The van der Waals surface area contributed by atoms with E-state index in [2.05, 4.69) is 5.32 Å². The Bertz CT molecular complexity index is 1690. The molecule has 1 N–H and O–H groups in total. The third kappa shape index (κ3) is 8.82. The second-order valence-electron chi connectivity index (χ2n) is 12.0. The van der Waals surface area contributed by atoms with Gasteiger partial charge < -0.3 is 10.2 Å². The number of hydrogen-bond donors (Lipinski definition) is 1. The number of carbonyl (C=O) groups is 2. The van der Waals surface area contributed by atoms with E-state index in [1.807, 2.05) is 101 Å². The van der Waals surface area contributed by atoms with Crippen molar-refractivity contribution in [2.45, 2.75) is 58.5 Å². The van der Waals surface area contributed by atoms with Crippen LogP contribution in [0.25, 0.3) is 0 Å². The number of rotatable bonds is 13. The van der Waals surface area contributed by atoms with Crippen molar-refractivity contribution >= 4 is 27.5 Å². The highest BCUT2D eigenvalue weighted by Gasteiger charge is 2.35. The molecule has 0 radical (unpaired) electrons. The van der Waals surface area contributed by atoms with Crippen molar-refractivity contribution in [2.24, 2.45) is 5.92 Å². The van der Waals surface area contributed by atoms with Crippen LogP contribution in [0.3, 0.4) is 0 Å². The Balaban J connectivity index is 1.82. The number of aryl methyl sites for hydroxylation is 3. The van der Waals surface area contributed by atoms with E-state index in [-0.39, 0.29) is 29.7 Å². The lowest BCUT2D eigenvalue weighted by molar-refractivity contribution is -0.140. The minimum atomic E-state index is -4.14. The first kappa shape index (κ1) is 33.5. The summed E-state index contributed by atoms with van der Waals surface area (Å²) in [6.45, 7) is 9.84. The van der Waals surface area contributed by atoms with Gasteiger partial charge in [-0.05, 0) is 67.1 Å². The van der Waals surface area contributed by atoms with Crippen LogP contribution in [0.2, 0.25) is 0 Å². The van der Waals surface area contributed by atoms with Gasteiger partial charge in [0.05, 0.1) is 10.6 Å². The molecule has 4 aromatic carbocycles. The van der Waals surface area contributed by atoms with Crippen molar-refractivity contribution in [3.8, 4) is 0 Å². The molecule has 0 spiro atoms. The first-order valence-corrected chi connectivity index (χ1v) is 16.7. The third-order valence-corrected chi connectivity index (χ3v) is 9.45. The Labute approximate surface area is 268 Å². The van der Waals surface area contributed by atoms with Crippen molar-refractivity contribution in [1.29, 1.82) is 0 Å². The monoisotopic (exact) mass is 625 g/mol. The number of amides is 2. The molecule has 0 aliphatic carbocycles. The fourth-order valence-electron chi connectivity index (χ4n) is 5.09. The zero-order valence-corrected chi connectivity index (χ0v) is 27.6. The standard InChI is InChI=1S/C37H43N3O4S/c1-27(2)24-38-37(42)35(23-31-12-8-6-9-13-31)39(25-32-20-17-28(3)18-21-32)36(41)26-40(34-22-29(4)16-19-30(34)5)45(43,44)33-14-10-7-11-15-33/h6-22,27,35H,23-26H2,1-5H3,(H,38,42)/t35-/m0/s1. The zero-order valence-electron chi connectivity index (χ0n) is 26.7. The van der Waals surface area contributed by atoms with E-state index in [0.717, 1.165) is 22.3 Å². The van der Waals surface area contributed by atoms with Gasteiger partial charge in [-0.1, -0.05) is 104 Å². The van der Waals surface area contributed by atoms with Crippen molar-refractivity contribution < 1.29 is 18.0 Å². The van der Waals surface area contributed by atoms with Gasteiger partial charge in [-0.3, -0.25) is 13.9 Å². The minimum Gasteiger partial charge on any atom is -0.354 e. The van der Waals surface area contributed by atoms with Crippen molar-refractivity contribution in [2.75, 3.05) is 17.4 Å². The molecule has 0 aliphatic rings. The SMILES string of the molecule is Cc1ccc(CN(C(=O)CN(c2cc(C)ccc2C)S(=O)(=O)c2ccccc2)[C@@H](Cc2ccccc2)C(=O)NCC(C)C)cc1. The van der Waals surface area contributed by atoms with Gasteiger partial charge in [-0.25, -0.2) is 8.42 Å². The summed E-state index contributed by atoms with van der Waals surface area (Å²) in [6, 6.07) is 30.2. The molecule has 0 aliphatic heterocycles. The van der Waals surface area contributed by atoms with E-state index in [1.165, 1.54) is 21.3 Å². The fourth-order valence-corrected chi connectivity index (χ4v) is 6.58. The maximum atomic E-state index is 14.6. The van der Waals surface area contributed by atoms with Crippen LogP contribution in [0.4, 0.5) is 5.69 Å². The lowest BCUT2D eigenvalue weighted by Crippen LogP contribution is -2.53. The molecule has 8 heteroatoms. The predicted octanol–water partition coefficient (Wildman–Crippen LogP) is 6.22. The number of benzene rings is 4. The topological polar surface area (TPSA) is 86.8 Å². The highest BCUT2D eigenvalue weighted by Crippen LogP contribution is 2.29. The first-order valence-electron chi connectivity index (χ1n) is 15.3. The molecule has 45 heavy (non-hydrogen) atoms. The number of carbonyl (C=O) groups excluding carboxylic acids is 2. The Morgan fingerprint density at radius 2 is 1.36 bits per heavy atom. The smallest absolute Gasteiger partial charge is 0.264 e. The molecular formula is C37H43N3O4S. The summed E-state index contributed by atoms with van der Waals surface area (Å²) < 4.78 is 29.6. The number of nitrogens with zero attached hydrogens (tertiary/aromatic N) is 2. The normalized spacial score (nSPS) is 12.0. The van der Waals surface area contributed by atoms with Crippen LogP contribution >= 0.6 is 0 Å². The molecule has 236 valence electrons. The lowest BCUT2D eigenvalue weighted by Gasteiger charge is -2.34. The maximum Gasteiger partial charge on any atom is 0.264 e. The molecule has 0 fully saturated rings. The molecule has 0 saturated carbocycles. The molecule has 0 heterocycles. The maximum absolute atomic E-state index is 14.6. The van der Waals surface area contributed by atoms with Gasteiger partial charge in [0, 0.05) is 19.5 Å². The van der Waals surface area contributed by atoms with Crippen LogP contribution in [-0.2, 0) is 32.6 Å². The fraction of sp³-hybridized carbons (Fsp3) is 0.297. The molecule has 4 aromatic rings. The Kier molecular flexibility index (Phi) is 11.2. The molecule has 0 saturated heterocycles. The van der Waals surface area contributed by atoms with Crippen molar-refractivity contribution in [1.82, 2.24) is 10.2 Å². The predicted molar refractivity (Wildman–Crippen MR) is 180 cm³/mol. The summed E-state index contributed by atoms with van der Waals surface area (Å²) >= 11 is 0. The second-order valence-corrected chi connectivity index (χ2v) is 13.8. The molecule has 7 nitrogen and oxygen atoms in total. The van der Waals surface area contributed by atoms with E-state index in [1.54, 1.807) is 24.3 Å². The number of hydrogen-bond acceptors (Lipinski definition) is 4. The van der Waals surface area contributed by atoms with Gasteiger partial charge in [0.1, 0.15) is 12.6 Å². The Morgan fingerprint density at radius 3 is 1.98 bits per heavy atom. The summed E-state index contributed by atoms with van der Waals surface area (Å²) in [6.07, 6.45) is 0.275. The van der Waals surface area contributed by atoms with Crippen molar-refractivity contribution in [3.63, 3.8) is 0 Å². The minimum absolute atomic E-state index is 0.0827. The number of anilines is 1. The summed E-state index contributed by atoms with van der Waals surface area (Å²) in [5, 5.41) is 3.03. The zero-order chi connectivity index (χ0) is 32.6. The summed E-state index contributed by atoms with van der Waals surface area (Å²) in [5.41, 5.74) is 4.81. The van der Waals surface area contributed by atoms with Crippen LogP contribution in [0.1, 0.15) is 41.7 Å². The Hall–Kier alpha value is -4.43. The molecule has 0 unspecified atom stereocenters. The van der Waals surface area contributed by atoms with Crippen molar-refractivity contribution in [3.05, 3.63) is 131 Å². The highest BCUT2D eigenvalue weighted by molar-refractivity contribution is 7.92. The van der Waals surface area contributed by atoms with Gasteiger partial charge in [0.2, 0.25) is 11.8 Å². The van der Waals surface area contributed by atoms with Crippen LogP contribution in [-0.4, -0.2) is 44.3 Å². The van der Waals surface area contributed by atoms with E-state index in [9.17, 15) is 18.0 Å². The van der Waals surface area contributed by atoms with Crippen LogP contribution in [0, 0.1) is 26.7 Å². The van der Waals surface area contributed by atoms with Crippen LogP contribution < -0.4 is 9.62 Å². The van der Waals surface area contributed by atoms with Crippen LogP contribution in [0.5, 0.6) is 0 Å². The highest BCUT2D eigenvalue weighted by atomic mass is 32.2. The largest absolute Gasteiger partial charge is 0.354 e. The van der Waals surface area contributed by atoms with Gasteiger partial charge in [-0.15, -0.1) is 0 Å². The molecule has 0 aromatic heterocycles. The van der Waals surface area contributed by atoms with E-state index < -0.39 is 28.5 Å². The number of nitrogens with one attached hydrogen (secondary N) is 1. The summed E-state index contributed by atoms with van der Waals surface area (Å²) in [7, 11) is -4.14. The second kappa shape index (κ2) is 15.0. The molecule has 0 bridgehead atoms. The third-order valence-electron chi connectivity index (χ3n) is 7.67. The first-order chi connectivity index (χ1) is 21.5. The van der Waals surface area contributed by atoms with Gasteiger partial charge in [-0.2, -0.15) is 0 Å². The molecule has 2 amide bonds. The number of sulfonamides is 1. The quantitative estimate of drug-likeness (QED) is 0.191. The van der Waals surface area contributed by atoms with Gasteiger partial charge >= 0.3 is 0 Å². The van der Waals surface area contributed by atoms with Crippen LogP contribution in [0.15, 0.2) is 108 Å². The average molecular weight is 626 g/mol. The van der Waals surface area contributed by atoms with E-state index in [0.29, 0.717) is 17.8 Å². The molecule has 4 rings (SSSR count). The summed E-state index contributed by atoms with van der Waals surface area (Å²) in [4.78, 5) is 30.1.